The maximum absolute atomic E-state index is 11.4. The van der Waals surface area contributed by atoms with E-state index in [4.69, 9.17) is 9.47 Å². The summed E-state index contributed by atoms with van der Waals surface area (Å²) in [7, 11) is 0. The fourth-order valence-corrected chi connectivity index (χ4v) is 6.74. The van der Waals surface area contributed by atoms with E-state index in [1.807, 2.05) is 6.08 Å². The van der Waals surface area contributed by atoms with Gasteiger partial charge in [0.15, 0.2) is 6.29 Å². The number of carbonyl (C=O) groups is 1. The molecule has 0 aromatic heterocycles. The van der Waals surface area contributed by atoms with Crippen molar-refractivity contribution in [2.45, 2.75) is 96.7 Å². The molecule has 0 aromatic rings. The summed E-state index contributed by atoms with van der Waals surface area (Å²) in [4.78, 5) is 11.4. The molecule has 6 heteroatoms. The number of rotatable bonds is 8. The topological polar surface area (TPSA) is 96.2 Å². The molecule has 3 N–H and O–H groups in total. The number of aliphatic hydroxyl groups excluding tert-OH is 3. The third kappa shape index (κ3) is 5.20. The minimum atomic E-state index is -1.26. The first-order valence-corrected chi connectivity index (χ1v) is 12.2. The summed E-state index contributed by atoms with van der Waals surface area (Å²) in [5.41, 5.74) is 2.86. The number of ether oxygens (including phenoxy) is 2. The zero-order chi connectivity index (χ0) is 23.5. The van der Waals surface area contributed by atoms with Crippen LogP contribution in [0.15, 0.2) is 23.8 Å². The van der Waals surface area contributed by atoms with Crippen LogP contribution >= 0.6 is 0 Å². The van der Waals surface area contributed by atoms with Crippen LogP contribution in [0.5, 0.6) is 0 Å². The van der Waals surface area contributed by atoms with Crippen LogP contribution in [-0.2, 0) is 14.3 Å². The van der Waals surface area contributed by atoms with Crippen molar-refractivity contribution in [3.05, 3.63) is 23.8 Å². The van der Waals surface area contributed by atoms with Crippen molar-refractivity contribution in [1.29, 1.82) is 0 Å². The predicted molar refractivity (Wildman–Crippen MR) is 123 cm³/mol. The minimum absolute atomic E-state index is 0.0574. The van der Waals surface area contributed by atoms with E-state index in [0.717, 1.165) is 38.4 Å². The Morgan fingerprint density at radius 1 is 1.25 bits per heavy atom. The second kappa shape index (κ2) is 10.5. The highest BCUT2D eigenvalue weighted by atomic mass is 16.7. The maximum atomic E-state index is 11.4. The molecule has 6 nitrogen and oxygen atoms in total. The number of aliphatic hydroxyl groups is 3. The zero-order valence-electron chi connectivity index (χ0n) is 20.0. The van der Waals surface area contributed by atoms with Crippen LogP contribution in [0, 0.1) is 22.7 Å². The van der Waals surface area contributed by atoms with Gasteiger partial charge in [0.05, 0.1) is 13.2 Å². The number of allylic oxidation sites excluding steroid dienone is 2. The summed E-state index contributed by atoms with van der Waals surface area (Å²) in [6.07, 6.45) is 6.91. The molecule has 2 aliphatic carbocycles. The Morgan fingerprint density at radius 3 is 2.72 bits per heavy atom. The molecule has 0 bridgehead atoms. The SMILES string of the molecule is C=C1CC[C@H]2[C@@](C)(CC=O)CCC[C@]2(C)[C@H]1CC/C(C)=C/CO[C@@H]1OC[C@@H](O)[C@H](O)[C@H]1O. The van der Waals surface area contributed by atoms with Gasteiger partial charge < -0.3 is 29.6 Å². The van der Waals surface area contributed by atoms with Gasteiger partial charge in [0, 0.05) is 6.42 Å². The molecule has 0 aromatic carbocycles. The van der Waals surface area contributed by atoms with Gasteiger partial charge in [-0.25, -0.2) is 0 Å². The van der Waals surface area contributed by atoms with E-state index in [9.17, 15) is 20.1 Å². The van der Waals surface area contributed by atoms with E-state index < -0.39 is 24.6 Å². The molecule has 2 saturated carbocycles. The molecular formula is C26H42O6. The lowest BCUT2D eigenvalue weighted by Gasteiger charge is -2.58. The van der Waals surface area contributed by atoms with E-state index >= 15 is 0 Å². The highest BCUT2D eigenvalue weighted by Gasteiger charge is 2.53. The third-order valence-electron chi connectivity index (χ3n) is 8.67. The second-order valence-corrected chi connectivity index (χ2v) is 10.9. The smallest absolute Gasteiger partial charge is 0.186 e. The number of hydrogen-bond acceptors (Lipinski definition) is 6. The monoisotopic (exact) mass is 450 g/mol. The standard InChI is InChI=1S/C26H42O6/c1-17(10-15-31-24-23(30)22(29)20(28)16-32-24)6-8-19-18(2)7-9-21-25(3,13-14-27)11-5-12-26(19,21)4/h10,14,19-24,28-30H,2,5-9,11-13,15-16H2,1,3-4H3/b17-10+/t19-,20+,21-,22-,23+,24+,25+,26+/m0/s1. The summed E-state index contributed by atoms with van der Waals surface area (Å²) in [6.45, 7) is 11.5. The molecule has 8 atom stereocenters. The predicted octanol–water partition coefficient (Wildman–Crippen LogP) is 3.54. The molecule has 0 spiro atoms. The first-order chi connectivity index (χ1) is 15.1. The number of fused-ring (bicyclic) bond motifs is 1. The average Bonchev–Trinajstić information content (AvgIpc) is 2.73. The van der Waals surface area contributed by atoms with E-state index in [1.54, 1.807) is 0 Å². The summed E-state index contributed by atoms with van der Waals surface area (Å²) in [5.74, 6) is 1.01. The highest BCUT2D eigenvalue weighted by Crippen LogP contribution is 2.62. The van der Waals surface area contributed by atoms with Crippen LogP contribution in [-0.4, -0.2) is 59.4 Å². The van der Waals surface area contributed by atoms with Crippen molar-refractivity contribution >= 4 is 6.29 Å². The first-order valence-electron chi connectivity index (χ1n) is 12.2. The molecule has 1 aliphatic heterocycles. The maximum Gasteiger partial charge on any atom is 0.186 e. The molecule has 3 aliphatic rings. The first kappa shape index (κ1) is 25.6. The lowest BCUT2D eigenvalue weighted by molar-refractivity contribution is -0.266. The summed E-state index contributed by atoms with van der Waals surface area (Å²) < 4.78 is 10.9. The van der Waals surface area contributed by atoms with Gasteiger partial charge >= 0.3 is 0 Å². The quantitative estimate of drug-likeness (QED) is 0.387. The molecule has 0 amide bonds. The van der Waals surface area contributed by atoms with Gasteiger partial charge in [-0.15, -0.1) is 0 Å². The molecule has 3 fully saturated rings. The molecule has 182 valence electrons. The van der Waals surface area contributed by atoms with Gasteiger partial charge in [-0.1, -0.05) is 44.1 Å². The lowest BCUT2D eigenvalue weighted by Crippen LogP contribution is -2.53. The highest BCUT2D eigenvalue weighted by molar-refractivity contribution is 5.51. The van der Waals surface area contributed by atoms with Crippen LogP contribution in [0.3, 0.4) is 0 Å². The van der Waals surface area contributed by atoms with Crippen molar-refractivity contribution in [3.63, 3.8) is 0 Å². The Balaban J connectivity index is 1.57. The number of aldehydes is 1. The van der Waals surface area contributed by atoms with Gasteiger partial charge in [-0.3, -0.25) is 0 Å². The molecular weight excluding hydrogens is 408 g/mol. The molecule has 1 saturated heterocycles. The van der Waals surface area contributed by atoms with Crippen LogP contribution in [0.1, 0.15) is 72.1 Å². The van der Waals surface area contributed by atoms with E-state index in [1.165, 1.54) is 24.0 Å². The third-order valence-corrected chi connectivity index (χ3v) is 8.67. The van der Waals surface area contributed by atoms with Gasteiger partial charge in [0.1, 0.15) is 24.6 Å². The Hall–Kier alpha value is -1.05. The fourth-order valence-electron chi connectivity index (χ4n) is 6.74. The normalized spacial score (nSPS) is 43.1. The molecule has 32 heavy (non-hydrogen) atoms. The van der Waals surface area contributed by atoms with Gasteiger partial charge in [-0.05, 0) is 68.1 Å². The Labute approximate surface area is 192 Å². The van der Waals surface area contributed by atoms with Crippen molar-refractivity contribution < 1.29 is 29.6 Å². The molecule has 1 heterocycles. The summed E-state index contributed by atoms with van der Waals surface area (Å²) in [5, 5.41) is 29.3. The van der Waals surface area contributed by atoms with E-state index in [-0.39, 0.29) is 24.0 Å². The van der Waals surface area contributed by atoms with Crippen molar-refractivity contribution in [2.75, 3.05) is 13.2 Å². The zero-order valence-corrected chi connectivity index (χ0v) is 20.0. The van der Waals surface area contributed by atoms with Crippen molar-refractivity contribution in [1.82, 2.24) is 0 Å². The van der Waals surface area contributed by atoms with Crippen LogP contribution in [0.2, 0.25) is 0 Å². The Morgan fingerprint density at radius 2 is 2.00 bits per heavy atom. The van der Waals surface area contributed by atoms with Crippen molar-refractivity contribution in [2.24, 2.45) is 22.7 Å². The van der Waals surface area contributed by atoms with E-state index in [0.29, 0.717) is 18.3 Å². The van der Waals surface area contributed by atoms with Crippen molar-refractivity contribution in [3.8, 4) is 0 Å². The number of hydrogen-bond donors (Lipinski definition) is 3. The largest absolute Gasteiger partial charge is 0.388 e. The summed E-state index contributed by atoms with van der Waals surface area (Å²) in [6, 6.07) is 0. The van der Waals surface area contributed by atoms with E-state index in [2.05, 4.69) is 27.4 Å². The lowest BCUT2D eigenvalue weighted by atomic mass is 9.46. The van der Waals surface area contributed by atoms with Crippen LogP contribution < -0.4 is 0 Å². The molecule has 0 unspecified atom stereocenters. The van der Waals surface area contributed by atoms with Gasteiger partial charge in [0.2, 0.25) is 0 Å². The summed E-state index contributed by atoms with van der Waals surface area (Å²) >= 11 is 0. The van der Waals surface area contributed by atoms with Gasteiger partial charge in [0.25, 0.3) is 0 Å². The van der Waals surface area contributed by atoms with Crippen LogP contribution in [0.4, 0.5) is 0 Å². The minimum Gasteiger partial charge on any atom is -0.388 e. The van der Waals surface area contributed by atoms with Crippen LogP contribution in [0.25, 0.3) is 0 Å². The molecule has 3 rings (SSSR count). The second-order valence-electron chi connectivity index (χ2n) is 10.9. The Kier molecular flexibility index (Phi) is 8.37. The van der Waals surface area contributed by atoms with Gasteiger partial charge in [-0.2, -0.15) is 0 Å². The fraction of sp³-hybridized carbons (Fsp3) is 0.808. The average molecular weight is 451 g/mol. The Bertz CT molecular complexity index is 704. The number of carbonyl (C=O) groups excluding carboxylic acids is 1. The molecule has 0 radical (unpaired) electrons.